The van der Waals surface area contributed by atoms with E-state index in [-0.39, 0.29) is 6.04 Å². The Balaban J connectivity index is 1.99. The second-order valence-electron chi connectivity index (χ2n) is 5.39. The zero-order valence-electron chi connectivity index (χ0n) is 11.5. The van der Waals surface area contributed by atoms with Crippen molar-refractivity contribution in [2.24, 2.45) is 0 Å². The molecule has 1 fully saturated rings. The third-order valence-electron chi connectivity index (χ3n) is 3.30. The molecule has 0 unspecified atom stereocenters. The van der Waals surface area contributed by atoms with Crippen molar-refractivity contribution in [1.82, 2.24) is 10.0 Å². The van der Waals surface area contributed by atoms with Gasteiger partial charge in [0.05, 0.1) is 4.90 Å². The van der Waals surface area contributed by atoms with Crippen LogP contribution in [0.5, 0.6) is 0 Å². The average molecular weight is 302 g/mol. The summed E-state index contributed by atoms with van der Waals surface area (Å²) in [7, 11) is -3.33. The number of rotatable bonds is 6. The van der Waals surface area contributed by atoms with Gasteiger partial charge in [0.15, 0.2) is 0 Å². The molecule has 1 aliphatic rings. The third kappa shape index (κ3) is 4.27. The van der Waals surface area contributed by atoms with E-state index in [2.05, 4.69) is 23.9 Å². The summed E-state index contributed by atoms with van der Waals surface area (Å²) in [6, 6.07) is 2.30. The van der Waals surface area contributed by atoms with Crippen LogP contribution >= 0.6 is 11.3 Å². The first-order valence-corrected chi connectivity index (χ1v) is 9.17. The Hall–Kier alpha value is -0.430. The number of hydrogen-bond acceptors (Lipinski definition) is 4. The van der Waals surface area contributed by atoms with Crippen LogP contribution in [-0.4, -0.2) is 20.5 Å². The van der Waals surface area contributed by atoms with Crippen molar-refractivity contribution in [3.8, 4) is 0 Å². The maximum absolute atomic E-state index is 12.2. The molecule has 2 N–H and O–H groups in total. The predicted molar refractivity (Wildman–Crippen MR) is 78.9 cm³/mol. The molecular formula is C13H22N2O2S2. The van der Waals surface area contributed by atoms with E-state index in [0.29, 0.717) is 10.9 Å². The van der Waals surface area contributed by atoms with Gasteiger partial charge in [-0.3, -0.25) is 0 Å². The van der Waals surface area contributed by atoms with Crippen molar-refractivity contribution in [2.45, 2.75) is 63.1 Å². The number of sulfonamides is 1. The number of thiophene rings is 1. The first kappa shape index (κ1) is 15.0. The molecule has 4 nitrogen and oxygen atoms in total. The van der Waals surface area contributed by atoms with Gasteiger partial charge in [0, 0.05) is 28.9 Å². The van der Waals surface area contributed by atoms with Crippen LogP contribution in [0.15, 0.2) is 16.3 Å². The van der Waals surface area contributed by atoms with E-state index >= 15 is 0 Å². The van der Waals surface area contributed by atoms with Gasteiger partial charge in [-0.1, -0.05) is 26.7 Å². The number of hydrogen-bond donors (Lipinski definition) is 2. The lowest BCUT2D eigenvalue weighted by Crippen LogP contribution is -2.32. The first-order chi connectivity index (χ1) is 8.97. The molecule has 1 heterocycles. The second kappa shape index (κ2) is 6.35. The molecule has 19 heavy (non-hydrogen) atoms. The minimum absolute atomic E-state index is 0.127. The molecule has 0 amide bonds. The van der Waals surface area contributed by atoms with Crippen LogP contribution in [0.3, 0.4) is 0 Å². The van der Waals surface area contributed by atoms with Gasteiger partial charge in [0.1, 0.15) is 0 Å². The molecule has 0 spiro atoms. The van der Waals surface area contributed by atoms with Gasteiger partial charge in [-0.2, -0.15) is 0 Å². The van der Waals surface area contributed by atoms with Crippen molar-refractivity contribution < 1.29 is 8.42 Å². The Morgan fingerprint density at radius 1 is 1.37 bits per heavy atom. The predicted octanol–water partition coefficient (Wildman–Crippen LogP) is 2.47. The van der Waals surface area contributed by atoms with Crippen molar-refractivity contribution in [1.29, 1.82) is 0 Å². The van der Waals surface area contributed by atoms with E-state index in [4.69, 9.17) is 0 Å². The van der Waals surface area contributed by atoms with Gasteiger partial charge in [-0.25, -0.2) is 13.1 Å². The summed E-state index contributed by atoms with van der Waals surface area (Å²) in [5.41, 5.74) is 0. The van der Waals surface area contributed by atoms with Gasteiger partial charge in [-0.05, 0) is 18.9 Å². The molecule has 0 saturated heterocycles. The molecule has 108 valence electrons. The molecule has 1 aliphatic carbocycles. The van der Waals surface area contributed by atoms with E-state index in [0.717, 1.165) is 37.1 Å². The normalized spacial score (nSPS) is 17.4. The highest BCUT2D eigenvalue weighted by molar-refractivity contribution is 7.89. The molecule has 0 radical (unpaired) electrons. The minimum Gasteiger partial charge on any atom is -0.310 e. The lowest BCUT2D eigenvalue weighted by atomic mass is 10.3. The van der Waals surface area contributed by atoms with Crippen LogP contribution in [0.25, 0.3) is 0 Å². The van der Waals surface area contributed by atoms with Crippen LogP contribution in [0.1, 0.15) is 44.4 Å². The quantitative estimate of drug-likeness (QED) is 0.848. The molecular weight excluding hydrogens is 280 g/mol. The van der Waals surface area contributed by atoms with Gasteiger partial charge in [0.2, 0.25) is 10.0 Å². The van der Waals surface area contributed by atoms with Crippen LogP contribution in [0, 0.1) is 0 Å². The Morgan fingerprint density at radius 3 is 2.68 bits per heavy atom. The summed E-state index contributed by atoms with van der Waals surface area (Å²) in [5, 5.41) is 5.03. The van der Waals surface area contributed by atoms with Crippen LogP contribution < -0.4 is 10.0 Å². The number of nitrogens with one attached hydrogen (secondary N) is 2. The highest BCUT2D eigenvalue weighted by Crippen LogP contribution is 2.23. The molecule has 0 bridgehead atoms. The summed E-state index contributed by atoms with van der Waals surface area (Å²) in [5.74, 6) is 0. The topological polar surface area (TPSA) is 58.2 Å². The van der Waals surface area contributed by atoms with Crippen molar-refractivity contribution in [3.05, 3.63) is 16.3 Å². The van der Waals surface area contributed by atoms with Gasteiger partial charge >= 0.3 is 0 Å². The van der Waals surface area contributed by atoms with Crippen molar-refractivity contribution in [3.63, 3.8) is 0 Å². The smallest absolute Gasteiger partial charge is 0.241 e. The highest BCUT2D eigenvalue weighted by Gasteiger charge is 2.23. The maximum Gasteiger partial charge on any atom is 0.241 e. The summed E-state index contributed by atoms with van der Waals surface area (Å²) in [6.45, 7) is 4.88. The van der Waals surface area contributed by atoms with E-state index < -0.39 is 10.0 Å². The Bertz CT molecular complexity index is 502. The van der Waals surface area contributed by atoms with Crippen LogP contribution in [-0.2, 0) is 16.6 Å². The SMILES string of the molecule is CC(C)NCc1cc(S(=O)(=O)NC2CCCC2)cs1. The summed E-state index contributed by atoms with van der Waals surface area (Å²) in [4.78, 5) is 1.46. The monoisotopic (exact) mass is 302 g/mol. The fraction of sp³-hybridized carbons (Fsp3) is 0.692. The molecule has 6 heteroatoms. The second-order valence-corrected chi connectivity index (χ2v) is 8.10. The highest BCUT2D eigenvalue weighted by atomic mass is 32.2. The third-order valence-corrected chi connectivity index (χ3v) is 5.89. The Morgan fingerprint density at radius 2 is 2.05 bits per heavy atom. The molecule has 1 aromatic rings. The fourth-order valence-electron chi connectivity index (χ4n) is 2.23. The fourth-order valence-corrected chi connectivity index (χ4v) is 4.76. The Labute approximate surface area is 119 Å². The lowest BCUT2D eigenvalue weighted by Gasteiger charge is -2.11. The zero-order valence-corrected chi connectivity index (χ0v) is 13.1. The first-order valence-electron chi connectivity index (χ1n) is 6.80. The van der Waals surface area contributed by atoms with E-state index in [9.17, 15) is 8.42 Å². The standard InChI is InChI=1S/C13H22N2O2S2/c1-10(2)14-8-12-7-13(9-18-12)19(16,17)15-11-5-3-4-6-11/h7,9-11,14-15H,3-6,8H2,1-2H3. The maximum atomic E-state index is 12.2. The summed E-state index contributed by atoms with van der Waals surface area (Å²) >= 11 is 1.49. The molecule has 0 aromatic carbocycles. The largest absolute Gasteiger partial charge is 0.310 e. The molecule has 1 aromatic heterocycles. The minimum atomic E-state index is -3.33. The van der Waals surface area contributed by atoms with Crippen molar-refractivity contribution in [2.75, 3.05) is 0 Å². The molecule has 2 rings (SSSR count). The Kier molecular flexibility index (Phi) is 5.00. The summed E-state index contributed by atoms with van der Waals surface area (Å²) in [6.07, 6.45) is 4.18. The molecule has 0 aliphatic heterocycles. The average Bonchev–Trinajstić information content (AvgIpc) is 2.96. The molecule has 1 saturated carbocycles. The van der Waals surface area contributed by atoms with Crippen LogP contribution in [0.2, 0.25) is 0 Å². The van der Waals surface area contributed by atoms with Gasteiger partial charge in [0.25, 0.3) is 0 Å². The van der Waals surface area contributed by atoms with E-state index in [1.54, 1.807) is 11.4 Å². The molecule has 0 atom stereocenters. The summed E-state index contributed by atoms with van der Waals surface area (Å²) < 4.78 is 27.2. The van der Waals surface area contributed by atoms with Crippen molar-refractivity contribution >= 4 is 21.4 Å². The lowest BCUT2D eigenvalue weighted by molar-refractivity contribution is 0.552. The van der Waals surface area contributed by atoms with E-state index in [1.807, 2.05) is 0 Å². The van der Waals surface area contributed by atoms with Gasteiger partial charge in [-0.15, -0.1) is 11.3 Å². The van der Waals surface area contributed by atoms with Gasteiger partial charge < -0.3 is 5.32 Å². The van der Waals surface area contributed by atoms with Crippen LogP contribution in [0.4, 0.5) is 0 Å². The zero-order chi connectivity index (χ0) is 13.9. The van der Waals surface area contributed by atoms with E-state index in [1.165, 1.54) is 11.3 Å².